The summed E-state index contributed by atoms with van der Waals surface area (Å²) in [4.78, 5) is 0. The number of nitrogens with one attached hydrogen (secondary N) is 1. The maximum Gasteiger partial charge on any atom is 0.0133 e. The van der Waals surface area contributed by atoms with Crippen LogP contribution in [0.1, 0.15) is 49.3 Å². The fourth-order valence-electron chi connectivity index (χ4n) is 3.61. The molecule has 0 aliphatic heterocycles. The van der Waals surface area contributed by atoms with Gasteiger partial charge in [-0.3, -0.25) is 0 Å². The number of hydrogen-bond acceptors (Lipinski definition) is 1. The molecule has 0 amide bonds. The third-order valence-electron chi connectivity index (χ3n) is 4.86. The Hall–Kier alpha value is -0.820. The van der Waals surface area contributed by atoms with E-state index in [9.17, 15) is 0 Å². The standard InChI is InChI=1S/C18H29N/c1-13-6-5-7-16(10-13)18(19-4)12-17-11-14(2)8-9-15(17)3/h8-9,11,13,16,18-19H,5-7,10,12H2,1-4H3. The molecule has 1 nitrogen and oxygen atoms in total. The molecule has 3 unspecified atom stereocenters. The molecule has 0 bridgehead atoms. The van der Waals surface area contributed by atoms with Gasteiger partial charge in [-0.15, -0.1) is 0 Å². The minimum absolute atomic E-state index is 0.642. The van der Waals surface area contributed by atoms with Gasteiger partial charge in [0, 0.05) is 6.04 Å². The van der Waals surface area contributed by atoms with Crippen LogP contribution in [0.4, 0.5) is 0 Å². The molecule has 1 heteroatoms. The third-order valence-corrected chi connectivity index (χ3v) is 4.86. The molecule has 1 saturated carbocycles. The highest BCUT2D eigenvalue weighted by molar-refractivity contribution is 5.31. The van der Waals surface area contributed by atoms with Gasteiger partial charge in [-0.05, 0) is 63.1 Å². The lowest BCUT2D eigenvalue weighted by atomic mass is 9.77. The van der Waals surface area contributed by atoms with Crippen LogP contribution in [0.25, 0.3) is 0 Å². The summed E-state index contributed by atoms with van der Waals surface area (Å²) in [5, 5.41) is 3.59. The molecule has 1 N–H and O–H groups in total. The second-order valence-electron chi connectivity index (χ2n) is 6.56. The Balaban J connectivity index is 2.07. The molecule has 0 aromatic heterocycles. The molecule has 3 atom stereocenters. The van der Waals surface area contributed by atoms with Crippen LogP contribution >= 0.6 is 0 Å². The minimum Gasteiger partial charge on any atom is -0.316 e. The maximum absolute atomic E-state index is 3.59. The molecule has 0 saturated heterocycles. The highest BCUT2D eigenvalue weighted by Gasteiger charge is 2.26. The van der Waals surface area contributed by atoms with Crippen LogP contribution in [0, 0.1) is 25.7 Å². The van der Waals surface area contributed by atoms with Crippen molar-refractivity contribution in [1.82, 2.24) is 5.32 Å². The van der Waals surface area contributed by atoms with Gasteiger partial charge in [-0.2, -0.15) is 0 Å². The third kappa shape index (κ3) is 3.82. The number of hydrogen-bond donors (Lipinski definition) is 1. The first kappa shape index (κ1) is 14.6. The average Bonchev–Trinajstić information content (AvgIpc) is 2.39. The van der Waals surface area contributed by atoms with Crippen molar-refractivity contribution in [3.8, 4) is 0 Å². The Kier molecular flexibility index (Phi) is 5.04. The van der Waals surface area contributed by atoms with Gasteiger partial charge in [0.25, 0.3) is 0 Å². The highest BCUT2D eigenvalue weighted by Crippen LogP contribution is 2.32. The summed E-state index contributed by atoms with van der Waals surface area (Å²) in [5.41, 5.74) is 4.35. The van der Waals surface area contributed by atoms with Crippen molar-refractivity contribution >= 4 is 0 Å². The van der Waals surface area contributed by atoms with Crippen LogP contribution in [0.15, 0.2) is 18.2 Å². The van der Waals surface area contributed by atoms with Crippen molar-refractivity contribution in [2.75, 3.05) is 7.05 Å². The van der Waals surface area contributed by atoms with E-state index >= 15 is 0 Å². The van der Waals surface area contributed by atoms with E-state index in [-0.39, 0.29) is 0 Å². The van der Waals surface area contributed by atoms with Gasteiger partial charge in [0.1, 0.15) is 0 Å². The molecule has 0 spiro atoms. The minimum atomic E-state index is 0.642. The van der Waals surface area contributed by atoms with Gasteiger partial charge >= 0.3 is 0 Å². The summed E-state index contributed by atoms with van der Waals surface area (Å²) in [6.07, 6.45) is 6.83. The molecule has 106 valence electrons. The molecule has 0 radical (unpaired) electrons. The van der Waals surface area contributed by atoms with Gasteiger partial charge in [0.05, 0.1) is 0 Å². The average molecular weight is 259 g/mol. The Morgan fingerprint density at radius 2 is 2.05 bits per heavy atom. The Morgan fingerprint density at radius 3 is 2.74 bits per heavy atom. The lowest BCUT2D eigenvalue weighted by molar-refractivity contribution is 0.227. The van der Waals surface area contributed by atoms with Crippen molar-refractivity contribution in [3.63, 3.8) is 0 Å². The van der Waals surface area contributed by atoms with Crippen LogP contribution in [0.3, 0.4) is 0 Å². The van der Waals surface area contributed by atoms with Crippen molar-refractivity contribution in [2.45, 2.75) is 58.9 Å². The first-order valence-corrected chi connectivity index (χ1v) is 7.83. The van der Waals surface area contributed by atoms with Crippen LogP contribution in [0.2, 0.25) is 0 Å². The molecular weight excluding hydrogens is 230 g/mol. The zero-order valence-corrected chi connectivity index (χ0v) is 13.0. The molecule has 0 heterocycles. The molecule has 19 heavy (non-hydrogen) atoms. The van der Waals surface area contributed by atoms with E-state index in [1.165, 1.54) is 48.8 Å². The second-order valence-corrected chi connectivity index (χ2v) is 6.56. The van der Waals surface area contributed by atoms with Crippen LogP contribution in [-0.4, -0.2) is 13.1 Å². The Morgan fingerprint density at radius 1 is 1.26 bits per heavy atom. The van der Waals surface area contributed by atoms with Crippen LogP contribution in [-0.2, 0) is 6.42 Å². The maximum atomic E-state index is 3.59. The van der Waals surface area contributed by atoms with E-state index in [4.69, 9.17) is 0 Å². The van der Waals surface area contributed by atoms with Crippen LogP contribution in [0.5, 0.6) is 0 Å². The smallest absolute Gasteiger partial charge is 0.0133 e. The van der Waals surface area contributed by atoms with Gasteiger partial charge in [-0.25, -0.2) is 0 Å². The van der Waals surface area contributed by atoms with Crippen molar-refractivity contribution in [1.29, 1.82) is 0 Å². The topological polar surface area (TPSA) is 12.0 Å². The second kappa shape index (κ2) is 6.56. The highest BCUT2D eigenvalue weighted by atomic mass is 14.9. The SMILES string of the molecule is CNC(Cc1cc(C)ccc1C)C1CCCC(C)C1. The quantitative estimate of drug-likeness (QED) is 0.852. The van der Waals surface area contributed by atoms with E-state index in [0.29, 0.717) is 6.04 Å². The molecular formula is C18H29N. The summed E-state index contributed by atoms with van der Waals surface area (Å²) in [7, 11) is 2.13. The summed E-state index contributed by atoms with van der Waals surface area (Å²) >= 11 is 0. The molecule has 1 aromatic carbocycles. The summed E-state index contributed by atoms with van der Waals surface area (Å²) in [5.74, 6) is 1.77. The lowest BCUT2D eigenvalue weighted by Gasteiger charge is -2.33. The number of aryl methyl sites for hydroxylation is 2. The van der Waals surface area contributed by atoms with Crippen LogP contribution < -0.4 is 5.32 Å². The monoisotopic (exact) mass is 259 g/mol. The zero-order valence-electron chi connectivity index (χ0n) is 13.0. The van der Waals surface area contributed by atoms with E-state index in [2.05, 4.69) is 51.3 Å². The van der Waals surface area contributed by atoms with Crippen molar-refractivity contribution < 1.29 is 0 Å². The number of benzene rings is 1. The lowest BCUT2D eigenvalue weighted by Crippen LogP contribution is -2.38. The molecule has 1 aliphatic rings. The Bertz CT molecular complexity index is 410. The Labute approximate surface area is 118 Å². The predicted octanol–water partition coefficient (Wildman–Crippen LogP) is 4.26. The summed E-state index contributed by atoms with van der Waals surface area (Å²) < 4.78 is 0. The molecule has 1 aromatic rings. The van der Waals surface area contributed by atoms with E-state index in [1.54, 1.807) is 0 Å². The summed E-state index contributed by atoms with van der Waals surface area (Å²) in [6.45, 7) is 6.85. The van der Waals surface area contributed by atoms with Crippen molar-refractivity contribution in [2.24, 2.45) is 11.8 Å². The normalized spacial score (nSPS) is 25.3. The zero-order chi connectivity index (χ0) is 13.8. The van der Waals surface area contributed by atoms with E-state index in [1.807, 2.05) is 0 Å². The van der Waals surface area contributed by atoms with E-state index in [0.717, 1.165) is 11.8 Å². The summed E-state index contributed by atoms with van der Waals surface area (Å²) in [6, 6.07) is 7.49. The molecule has 1 aliphatic carbocycles. The fraction of sp³-hybridized carbons (Fsp3) is 0.667. The number of rotatable bonds is 4. The largest absolute Gasteiger partial charge is 0.316 e. The predicted molar refractivity (Wildman–Crippen MR) is 83.6 cm³/mol. The van der Waals surface area contributed by atoms with Gasteiger partial charge in [0.2, 0.25) is 0 Å². The van der Waals surface area contributed by atoms with Gasteiger partial charge < -0.3 is 5.32 Å². The fourth-order valence-corrected chi connectivity index (χ4v) is 3.61. The molecule has 1 fully saturated rings. The number of likely N-dealkylation sites (N-methyl/N-ethyl adjacent to an activating group) is 1. The molecule has 2 rings (SSSR count). The van der Waals surface area contributed by atoms with E-state index < -0.39 is 0 Å². The first-order chi connectivity index (χ1) is 9.10. The van der Waals surface area contributed by atoms with Crippen molar-refractivity contribution in [3.05, 3.63) is 34.9 Å². The first-order valence-electron chi connectivity index (χ1n) is 7.83. The van der Waals surface area contributed by atoms with Gasteiger partial charge in [0.15, 0.2) is 0 Å². The van der Waals surface area contributed by atoms with Gasteiger partial charge in [-0.1, -0.05) is 43.5 Å².